The predicted molar refractivity (Wildman–Crippen MR) is 120 cm³/mol. The van der Waals surface area contributed by atoms with Crippen LogP contribution in [0.25, 0.3) is 6.08 Å². The van der Waals surface area contributed by atoms with Crippen LogP contribution in [-0.4, -0.2) is 50.1 Å². The molecular formula is C23H27NO8S. The zero-order valence-corrected chi connectivity index (χ0v) is 20.0. The Bertz CT molecular complexity index is 1150. The van der Waals surface area contributed by atoms with Crippen LogP contribution in [0.4, 0.5) is 0 Å². The van der Waals surface area contributed by atoms with E-state index in [1.807, 2.05) is 6.92 Å². The molecule has 0 saturated carbocycles. The summed E-state index contributed by atoms with van der Waals surface area (Å²) in [5, 5.41) is 0. The molecule has 1 aromatic heterocycles. The van der Waals surface area contributed by atoms with Gasteiger partial charge in [-0.15, -0.1) is 0 Å². The van der Waals surface area contributed by atoms with Crippen molar-refractivity contribution in [1.29, 1.82) is 0 Å². The Hall–Kier alpha value is -3.40. The second kappa shape index (κ2) is 11.0. The molecule has 9 nitrogen and oxygen atoms in total. The summed E-state index contributed by atoms with van der Waals surface area (Å²) >= 11 is 0. The first-order chi connectivity index (χ1) is 15.6. The van der Waals surface area contributed by atoms with Crippen LogP contribution in [-0.2, 0) is 33.8 Å². The SMILES string of the molecule is CCOC(=O)C(=Cc1cc(C(=O)OCC)n(S(=O)(=O)c2ccc(C)cc2)c1C)C(=O)OCC. The monoisotopic (exact) mass is 477 g/mol. The molecule has 0 radical (unpaired) electrons. The second-order valence-electron chi connectivity index (χ2n) is 6.87. The highest BCUT2D eigenvalue weighted by atomic mass is 32.2. The van der Waals surface area contributed by atoms with Gasteiger partial charge >= 0.3 is 17.9 Å². The summed E-state index contributed by atoms with van der Waals surface area (Å²) in [5.74, 6) is -2.73. The number of esters is 3. The van der Waals surface area contributed by atoms with Gasteiger partial charge in [-0.05, 0) is 64.5 Å². The lowest BCUT2D eigenvalue weighted by atomic mass is 10.1. The number of carbonyl (C=O) groups excluding carboxylic acids is 3. The molecule has 0 aliphatic heterocycles. The second-order valence-corrected chi connectivity index (χ2v) is 8.66. The molecule has 2 rings (SSSR count). The van der Waals surface area contributed by atoms with Crippen molar-refractivity contribution >= 4 is 34.0 Å². The van der Waals surface area contributed by atoms with E-state index in [9.17, 15) is 22.8 Å². The Labute approximate surface area is 193 Å². The van der Waals surface area contributed by atoms with Crippen LogP contribution in [0, 0.1) is 13.8 Å². The highest BCUT2D eigenvalue weighted by Gasteiger charge is 2.29. The standard InChI is InChI=1S/C23H27NO8S/c1-6-30-21(25)19(22(26)31-7-2)13-17-14-20(23(27)32-8-3)24(16(17)5)33(28,29)18-11-9-15(4)10-12-18/h9-14H,6-8H2,1-5H3. The maximum absolute atomic E-state index is 13.4. The molecule has 10 heteroatoms. The maximum atomic E-state index is 13.4. The third kappa shape index (κ3) is 5.70. The number of aromatic nitrogens is 1. The van der Waals surface area contributed by atoms with E-state index >= 15 is 0 Å². The summed E-state index contributed by atoms with van der Waals surface area (Å²) in [6.45, 7) is 8.08. The smallest absolute Gasteiger partial charge is 0.356 e. The van der Waals surface area contributed by atoms with Gasteiger partial charge in [0.05, 0.1) is 24.7 Å². The third-order valence-electron chi connectivity index (χ3n) is 4.57. The lowest BCUT2D eigenvalue weighted by Gasteiger charge is -2.12. The Morgan fingerprint density at radius 1 is 0.879 bits per heavy atom. The van der Waals surface area contributed by atoms with Crippen LogP contribution >= 0.6 is 0 Å². The molecule has 1 heterocycles. The largest absolute Gasteiger partial charge is 0.462 e. The Morgan fingerprint density at radius 3 is 1.88 bits per heavy atom. The summed E-state index contributed by atoms with van der Waals surface area (Å²) in [4.78, 5) is 37.3. The molecule has 178 valence electrons. The highest BCUT2D eigenvalue weighted by Crippen LogP contribution is 2.26. The fourth-order valence-electron chi connectivity index (χ4n) is 3.00. The van der Waals surface area contributed by atoms with Crippen LogP contribution < -0.4 is 0 Å². The number of benzene rings is 1. The lowest BCUT2D eigenvalue weighted by molar-refractivity contribution is -0.146. The van der Waals surface area contributed by atoms with Gasteiger partial charge in [0.25, 0.3) is 10.0 Å². The first-order valence-corrected chi connectivity index (χ1v) is 11.8. The van der Waals surface area contributed by atoms with Crippen LogP contribution in [0.1, 0.15) is 48.1 Å². The molecule has 0 N–H and O–H groups in total. The van der Waals surface area contributed by atoms with Gasteiger partial charge in [-0.2, -0.15) is 0 Å². The number of nitrogens with zero attached hydrogens (tertiary/aromatic N) is 1. The highest BCUT2D eigenvalue weighted by molar-refractivity contribution is 7.90. The number of carbonyl (C=O) groups is 3. The quantitative estimate of drug-likeness (QED) is 0.178. The van der Waals surface area contributed by atoms with Gasteiger partial charge in [-0.1, -0.05) is 17.7 Å². The molecule has 0 spiro atoms. The fourth-order valence-corrected chi connectivity index (χ4v) is 4.54. The zero-order chi connectivity index (χ0) is 24.8. The number of hydrogen-bond acceptors (Lipinski definition) is 8. The lowest BCUT2D eigenvalue weighted by Crippen LogP contribution is -2.21. The molecule has 0 aliphatic carbocycles. The molecule has 0 unspecified atom stereocenters. The molecular weight excluding hydrogens is 450 g/mol. The summed E-state index contributed by atoms with van der Waals surface area (Å²) in [6.07, 6.45) is 1.15. The molecule has 0 aliphatic rings. The van der Waals surface area contributed by atoms with Crippen LogP contribution in [0.2, 0.25) is 0 Å². The Kier molecular flexibility index (Phi) is 8.58. The van der Waals surface area contributed by atoms with E-state index in [4.69, 9.17) is 14.2 Å². The molecule has 0 bridgehead atoms. The molecule has 0 atom stereocenters. The van der Waals surface area contributed by atoms with Crippen molar-refractivity contribution in [3.63, 3.8) is 0 Å². The summed E-state index contributed by atoms with van der Waals surface area (Å²) in [5.41, 5.74) is 0.408. The average molecular weight is 478 g/mol. The van der Waals surface area contributed by atoms with E-state index < -0.39 is 33.5 Å². The van der Waals surface area contributed by atoms with E-state index in [1.54, 1.807) is 32.9 Å². The minimum atomic E-state index is -4.20. The van der Waals surface area contributed by atoms with Crippen LogP contribution in [0.5, 0.6) is 0 Å². The molecule has 33 heavy (non-hydrogen) atoms. The first kappa shape index (κ1) is 25.9. The van der Waals surface area contributed by atoms with Gasteiger partial charge in [-0.3, -0.25) is 0 Å². The van der Waals surface area contributed by atoms with Gasteiger partial charge in [0, 0.05) is 5.69 Å². The van der Waals surface area contributed by atoms with Gasteiger partial charge < -0.3 is 14.2 Å². The fraction of sp³-hybridized carbons (Fsp3) is 0.348. The van der Waals surface area contributed by atoms with E-state index in [0.29, 0.717) is 0 Å². The van der Waals surface area contributed by atoms with E-state index in [-0.39, 0.29) is 41.7 Å². The average Bonchev–Trinajstić information content (AvgIpc) is 3.09. The minimum absolute atomic E-state index is 0.0193. The molecule has 2 aromatic rings. The normalized spacial score (nSPS) is 10.9. The van der Waals surface area contributed by atoms with Gasteiger partial charge in [-0.25, -0.2) is 26.8 Å². The van der Waals surface area contributed by atoms with Crippen molar-refractivity contribution in [2.24, 2.45) is 0 Å². The van der Waals surface area contributed by atoms with Crippen LogP contribution in [0.15, 0.2) is 40.8 Å². The van der Waals surface area contributed by atoms with Crippen molar-refractivity contribution < 1.29 is 37.0 Å². The summed E-state index contributed by atoms with van der Waals surface area (Å²) < 4.78 is 42.6. The first-order valence-electron chi connectivity index (χ1n) is 10.4. The van der Waals surface area contributed by atoms with Crippen molar-refractivity contribution in [3.8, 4) is 0 Å². The van der Waals surface area contributed by atoms with Crippen molar-refractivity contribution in [3.05, 3.63) is 58.4 Å². The maximum Gasteiger partial charge on any atom is 0.356 e. The molecule has 0 fully saturated rings. The minimum Gasteiger partial charge on any atom is -0.462 e. The topological polar surface area (TPSA) is 118 Å². The van der Waals surface area contributed by atoms with Gasteiger partial charge in [0.2, 0.25) is 0 Å². The Morgan fingerprint density at radius 2 is 1.39 bits per heavy atom. The summed E-state index contributed by atoms with van der Waals surface area (Å²) in [7, 11) is -4.20. The number of hydrogen-bond donors (Lipinski definition) is 0. The van der Waals surface area contributed by atoms with Gasteiger partial charge in [0.15, 0.2) is 0 Å². The molecule has 0 amide bonds. The van der Waals surface area contributed by atoms with E-state index in [0.717, 1.165) is 15.6 Å². The van der Waals surface area contributed by atoms with E-state index in [1.165, 1.54) is 25.1 Å². The Balaban J connectivity index is 2.77. The number of ether oxygens (including phenoxy) is 3. The zero-order valence-electron chi connectivity index (χ0n) is 19.2. The van der Waals surface area contributed by atoms with Crippen molar-refractivity contribution in [1.82, 2.24) is 3.97 Å². The third-order valence-corrected chi connectivity index (χ3v) is 6.39. The molecule has 0 saturated heterocycles. The van der Waals surface area contributed by atoms with Gasteiger partial charge in [0.1, 0.15) is 11.3 Å². The number of aryl methyl sites for hydroxylation is 1. The molecule has 1 aromatic carbocycles. The van der Waals surface area contributed by atoms with Crippen molar-refractivity contribution in [2.75, 3.05) is 19.8 Å². The predicted octanol–water partition coefficient (Wildman–Crippen LogP) is 3.03. The summed E-state index contributed by atoms with van der Waals surface area (Å²) in [6, 6.07) is 7.37. The van der Waals surface area contributed by atoms with Crippen LogP contribution in [0.3, 0.4) is 0 Å². The van der Waals surface area contributed by atoms with Crippen molar-refractivity contribution in [2.45, 2.75) is 39.5 Å². The van der Waals surface area contributed by atoms with E-state index in [2.05, 4.69) is 0 Å². The number of rotatable bonds is 9.